The maximum Gasteiger partial charge on any atom is 0.276 e. The lowest BCUT2D eigenvalue weighted by molar-refractivity contribution is -0.129. The second-order valence-corrected chi connectivity index (χ2v) is 6.76. The summed E-state index contributed by atoms with van der Waals surface area (Å²) < 4.78 is 10.5. The molecule has 0 bridgehead atoms. The Hall–Kier alpha value is -3.75. The second-order valence-electron chi connectivity index (χ2n) is 6.76. The molecule has 1 fully saturated rings. The molecule has 0 heterocycles. The van der Waals surface area contributed by atoms with E-state index >= 15 is 0 Å². The molecule has 0 spiro atoms. The topological polar surface area (TPSA) is 118 Å². The normalized spacial score (nSPS) is 12.4. The molecule has 1 aliphatic carbocycles. The van der Waals surface area contributed by atoms with Gasteiger partial charge in [-0.05, 0) is 49.2 Å². The zero-order chi connectivity index (χ0) is 21.3. The predicted octanol–water partition coefficient (Wildman–Crippen LogP) is 1.68. The fourth-order valence-electron chi connectivity index (χ4n) is 2.51. The Morgan fingerprint density at radius 1 is 0.933 bits per heavy atom. The summed E-state index contributed by atoms with van der Waals surface area (Å²) in [4.78, 5) is 35.5. The molecule has 0 atom stereocenters. The quantitative estimate of drug-likeness (QED) is 0.466. The van der Waals surface area contributed by atoms with Crippen molar-refractivity contribution in [1.29, 1.82) is 0 Å². The van der Waals surface area contributed by atoms with Gasteiger partial charge in [0.05, 0.1) is 13.7 Å². The summed E-state index contributed by atoms with van der Waals surface area (Å²) in [6.07, 6.45) is 1.84. The highest BCUT2D eigenvalue weighted by Crippen LogP contribution is 2.30. The largest absolute Gasteiger partial charge is 0.497 e. The average molecular weight is 412 g/mol. The Balaban J connectivity index is 1.35. The van der Waals surface area contributed by atoms with Gasteiger partial charge in [0.1, 0.15) is 11.5 Å². The molecule has 3 amide bonds. The molecule has 0 radical (unpaired) electrons. The zero-order valence-corrected chi connectivity index (χ0v) is 16.6. The first-order valence-corrected chi connectivity index (χ1v) is 9.53. The lowest BCUT2D eigenvalue weighted by Gasteiger charge is -2.11. The van der Waals surface area contributed by atoms with Gasteiger partial charge in [-0.15, -0.1) is 0 Å². The number of methoxy groups -OCH3 is 1. The van der Waals surface area contributed by atoms with Crippen molar-refractivity contribution in [2.24, 2.45) is 5.92 Å². The van der Waals surface area contributed by atoms with Gasteiger partial charge in [-0.25, -0.2) is 0 Å². The van der Waals surface area contributed by atoms with Crippen molar-refractivity contribution in [2.45, 2.75) is 12.8 Å². The van der Waals surface area contributed by atoms with E-state index in [9.17, 15) is 14.4 Å². The van der Waals surface area contributed by atoms with Crippen molar-refractivity contribution in [3.8, 4) is 11.5 Å². The number of benzene rings is 2. The van der Waals surface area contributed by atoms with Crippen LogP contribution in [-0.2, 0) is 14.4 Å². The monoisotopic (exact) mass is 412 g/mol. The highest BCUT2D eigenvalue weighted by Gasteiger charge is 2.29. The minimum Gasteiger partial charge on any atom is -0.497 e. The SMILES string of the molecule is COc1ccc(NCC(=O)NNC(=O)COc2cccc(NC(=O)C3CC3)c2)cc1. The van der Waals surface area contributed by atoms with E-state index in [2.05, 4.69) is 21.5 Å². The van der Waals surface area contributed by atoms with Crippen LogP contribution in [0.5, 0.6) is 11.5 Å². The van der Waals surface area contributed by atoms with Crippen LogP contribution < -0.4 is 31.0 Å². The van der Waals surface area contributed by atoms with Crippen LogP contribution in [0, 0.1) is 5.92 Å². The summed E-state index contributed by atoms with van der Waals surface area (Å²) >= 11 is 0. The Morgan fingerprint density at radius 3 is 2.37 bits per heavy atom. The molecule has 0 aliphatic heterocycles. The average Bonchev–Trinajstić information content (AvgIpc) is 3.61. The number of amides is 3. The number of carbonyl (C=O) groups excluding carboxylic acids is 3. The fourth-order valence-corrected chi connectivity index (χ4v) is 2.51. The van der Waals surface area contributed by atoms with E-state index in [1.54, 1.807) is 55.6 Å². The van der Waals surface area contributed by atoms with E-state index in [4.69, 9.17) is 9.47 Å². The maximum atomic E-state index is 11.9. The Bertz CT molecular complexity index is 897. The fraction of sp³-hybridized carbons (Fsp3) is 0.286. The molecular weight excluding hydrogens is 388 g/mol. The summed E-state index contributed by atoms with van der Waals surface area (Å²) in [5, 5.41) is 5.74. The van der Waals surface area contributed by atoms with E-state index in [-0.39, 0.29) is 25.0 Å². The lowest BCUT2D eigenvalue weighted by atomic mass is 10.3. The molecule has 1 aliphatic rings. The molecule has 4 N–H and O–H groups in total. The van der Waals surface area contributed by atoms with E-state index in [1.165, 1.54) is 0 Å². The van der Waals surface area contributed by atoms with Gasteiger partial charge in [-0.1, -0.05) is 6.07 Å². The number of rotatable bonds is 9. The van der Waals surface area contributed by atoms with Crippen molar-refractivity contribution >= 4 is 29.1 Å². The maximum absolute atomic E-state index is 11.9. The van der Waals surface area contributed by atoms with E-state index in [1.807, 2.05) is 0 Å². The molecule has 30 heavy (non-hydrogen) atoms. The molecular formula is C21H24N4O5. The third kappa shape index (κ3) is 6.69. The summed E-state index contributed by atoms with van der Waals surface area (Å²) in [6, 6.07) is 13.9. The number of carbonyl (C=O) groups is 3. The summed E-state index contributed by atoms with van der Waals surface area (Å²) in [6.45, 7) is -0.303. The summed E-state index contributed by atoms with van der Waals surface area (Å²) in [5.41, 5.74) is 5.95. The van der Waals surface area contributed by atoms with Crippen LogP contribution in [0.1, 0.15) is 12.8 Å². The smallest absolute Gasteiger partial charge is 0.276 e. The predicted molar refractivity (Wildman–Crippen MR) is 111 cm³/mol. The lowest BCUT2D eigenvalue weighted by Crippen LogP contribution is -2.45. The number of hydrazine groups is 1. The standard InChI is InChI=1S/C21H24N4O5/c1-29-17-9-7-15(8-10-17)22-12-19(26)24-25-20(27)13-30-18-4-2-3-16(11-18)23-21(28)14-5-6-14/h2-4,7-11,14,22H,5-6,12-13H2,1H3,(H,23,28)(H,24,26)(H,25,27). The highest BCUT2D eigenvalue weighted by atomic mass is 16.5. The number of hydrogen-bond acceptors (Lipinski definition) is 6. The van der Waals surface area contributed by atoms with Gasteiger partial charge >= 0.3 is 0 Å². The van der Waals surface area contributed by atoms with E-state index in [0.717, 1.165) is 18.5 Å². The molecule has 0 unspecified atom stereocenters. The van der Waals surface area contributed by atoms with Gasteiger partial charge in [0.25, 0.3) is 11.8 Å². The van der Waals surface area contributed by atoms with Gasteiger partial charge in [0.15, 0.2) is 6.61 Å². The van der Waals surface area contributed by atoms with Crippen LogP contribution >= 0.6 is 0 Å². The Kier molecular flexibility index (Phi) is 7.09. The molecule has 9 nitrogen and oxygen atoms in total. The van der Waals surface area contributed by atoms with Crippen LogP contribution in [0.4, 0.5) is 11.4 Å². The second kappa shape index (κ2) is 10.1. The first-order valence-electron chi connectivity index (χ1n) is 9.53. The van der Waals surface area contributed by atoms with Crippen LogP contribution in [0.2, 0.25) is 0 Å². The molecule has 2 aromatic rings. The van der Waals surface area contributed by atoms with Gasteiger partial charge < -0.3 is 20.1 Å². The van der Waals surface area contributed by atoms with Crippen LogP contribution in [-0.4, -0.2) is 38.0 Å². The Morgan fingerprint density at radius 2 is 1.67 bits per heavy atom. The number of nitrogens with one attached hydrogen (secondary N) is 4. The number of hydrogen-bond donors (Lipinski definition) is 4. The van der Waals surface area contributed by atoms with Crippen molar-refractivity contribution in [2.75, 3.05) is 30.9 Å². The van der Waals surface area contributed by atoms with Crippen molar-refractivity contribution in [3.63, 3.8) is 0 Å². The summed E-state index contributed by atoms with van der Waals surface area (Å²) in [5.74, 6) is 0.322. The zero-order valence-electron chi connectivity index (χ0n) is 16.6. The van der Waals surface area contributed by atoms with Crippen molar-refractivity contribution in [1.82, 2.24) is 10.9 Å². The first kappa shape index (κ1) is 21.0. The van der Waals surface area contributed by atoms with Crippen LogP contribution in [0.15, 0.2) is 48.5 Å². The molecule has 158 valence electrons. The van der Waals surface area contributed by atoms with Gasteiger partial charge in [0.2, 0.25) is 5.91 Å². The van der Waals surface area contributed by atoms with Crippen LogP contribution in [0.25, 0.3) is 0 Å². The Labute approximate surface area is 174 Å². The van der Waals surface area contributed by atoms with Gasteiger partial charge in [0, 0.05) is 23.4 Å². The highest BCUT2D eigenvalue weighted by molar-refractivity contribution is 5.94. The third-order valence-electron chi connectivity index (χ3n) is 4.30. The minimum atomic E-state index is -0.514. The first-order chi connectivity index (χ1) is 14.5. The molecule has 9 heteroatoms. The van der Waals surface area contributed by atoms with Gasteiger partial charge in [-0.2, -0.15) is 0 Å². The van der Waals surface area contributed by atoms with E-state index < -0.39 is 11.8 Å². The van der Waals surface area contributed by atoms with Crippen LogP contribution in [0.3, 0.4) is 0 Å². The minimum absolute atomic E-state index is 0.00384. The van der Waals surface area contributed by atoms with Crippen molar-refractivity contribution < 1.29 is 23.9 Å². The third-order valence-corrected chi connectivity index (χ3v) is 4.30. The molecule has 0 aromatic heterocycles. The van der Waals surface area contributed by atoms with Gasteiger partial charge in [-0.3, -0.25) is 25.2 Å². The van der Waals surface area contributed by atoms with E-state index in [0.29, 0.717) is 17.2 Å². The molecule has 0 saturated heterocycles. The molecule has 3 rings (SSSR count). The molecule has 1 saturated carbocycles. The molecule has 2 aromatic carbocycles. The number of anilines is 2. The number of ether oxygens (including phenoxy) is 2. The summed E-state index contributed by atoms with van der Waals surface area (Å²) in [7, 11) is 1.58. The van der Waals surface area contributed by atoms with Crippen molar-refractivity contribution in [3.05, 3.63) is 48.5 Å².